The van der Waals surface area contributed by atoms with Crippen molar-refractivity contribution in [2.24, 2.45) is 0 Å². The third kappa shape index (κ3) is 4.29. The molecule has 0 amide bonds. The number of benzene rings is 3. The van der Waals surface area contributed by atoms with Gasteiger partial charge in [0.2, 0.25) is 0 Å². The smallest absolute Gasteiger partial charge is 0.262 e. The van der Waals surface area contributed by atoms with E-state index in [1.54, 1.807) is 24.3 Å². The highest BCUT2D eigenvalue weighted by Gasteiger charge is 2.27. The lowest BCUT2D eigenvalue weighted by Gasteiger charge is -2.24. The summed E-state index contributed by atoms with van der Waals surface area (Å²) in [6.07, 6.45) is 0. The van der Waals surface area contributed by atoms with E-state index in [9.17, 15) is 22.9 Å². The van der Waals surface area contributed by atoms with Crippen LogP contribution in [-0.2, 0) is 16.6 Å². The predicted molar refractivity (Wildman–Crippen MR) is 104 cm³/mol. The third-order valence-electron chi connectivity index (χ3n) is 3.95. The molecule has 0 heterocycles. The maximum Gasteiger partial charge on any atom is 0.270 e. The van der Waals surface area contributed by atoms with Gasteiger partial charge in [0, 0.05) is 17.2 Å². The second-order valence-electron chi connectivity index (χ2n) is 5.87. The van der Waals surface area contributed by atoms with Crippen molar-refractivity contribution in [2.45, 2.75) is 11.4 Å². The number of hydrogen-bond acceptors (Lipinski definition) is 4. The molecule has 3 aromatic carbocycles. The van der Waals surface area contributed by atoms with E-state index in [0.29, 0.717) is 10.6 Å². The molecule has 0 fully saturated rings. The summed E-state index contributed by atoms with van der Waals surface area (Å²) in [6.45, 7) is -0.106. The van der Waals surface area contributed by atoms with Crippen molar-refractivity contribution in [3.63, 3.8) is 0 Å². The summed E-state index contributed by atoms with van der Waals surface area (Å²) in [7, 11) is -4.21. The van der Waals surface area contributed by atoms with Crippen molar-refractivity contribution in [3.05, 3.63) is 99.3 Å². The first-order valence-electron chi connectivity index (χ1n) is 8.04. The minimum Gasteiger partial charge on any atom is -0.262 e. The molecule has 6 nitrogen and oxygen atoms in total. The lowest BCUT2D eigenvalue weighted by Crippen LogP contribution is -2.30. The number of hydrogen-bond donors (Lipinski definition) is 0. The van der Waals surface area contributed by atoms with Gasteiger partial charge in [0.15, 0.2) is 0 Å². The molecule has 0 N–H and O–H groups in total. The Kier molecular flexibility index (Phi) is 5.62. The van der Waals surface area contributed by atoms with Gasteiger partial charge in [-0.2, -0.15) is 0 Å². The summed E-state index contributed by atoms with van der Waals surface area (Å²) in [6, 6.07) is 16.4. The highest BCUT2D eigenvalue weighted by Crippen LogP contribution is 2.28. The minimum atomic E-state index is -4.21. The summed E-state index contributed by atoms with van der Waals surface area (Å²) < 4.78 is 41.2. The highest BCUT2D eigenvalue weighted by molar-refractivity contribution is 7.92. The molecule has 3 rings (SSSR count). The zero-order valence-electron chi connectivity index (χ0n) is 14.3. The lowest BCUT2D eigenvalue weighted by molar-refractivity contribution is -0.385. The molecule has 0 aliphatic rings. The topological polar surface area (TPSA) is 80.5 Å². The largest absolute Gasteiger partial charge is 0.270 e. The molecular formula is C19H14ClFN2O4S. The Hall–Kier alpha value is -2.97. The van der Waals surface area contributed by atoms with Gasteiger partial charge in [0.05, 0.1) is 22.1 Å². The fourth-order valence-electron chi connectivity index (χ4n) is 2.59. The fraction of sp³-hybridized carbons (Fsp3) is 0.0526. The predicted octanol–water partition coefficient (Wildman–Crippen LogP) is 4.78. The first kappa shape index (κ1) is 19.8. The maximum atomic E-state index is 13.8. The second-order valence-corrected chi connectivity index (χ2v) is 8.17. The molecular weight excluding hydrogens is 407 g/mol. The SMILES string of the molecule is O=[N+]([O-])c1cccc(S(=O)(=O)N(Cc2ccc(Cl)cc2)c2cccc(F)c2)c1. The number of sulfonamides is 1. The molecule has 0 atom stereocenters. The number of halogens is 2. The third-order valence-corrected chi connectivity index (χ3v) is 5.97. The molecule has 28 heavy (non-hydrogen) atoms. The lowest BCUT2D eigenvalue weighted by atomic mass is 10.2. The number of anilines is 1. The number of nitro benzene ring substituents is 1. The fourth-order valence-corrected chi connectivity index (χ4v) is 4.20. The van der Waals surface area contributed by atoms with E-state index in [1.807, 2.05) is 0 Å². The summed E-state index contributed by atoms with van der Waals surface area (Å²) in [5.74, 6) is -0.604. The molecule has 0 unspecified atom stereocenters. The summed E-state index contributed by atoms with van der Waals surface area (Å²) >= 11 is 5.87. The Bertz CT molecular complexity index is 1120. The van der Waals surface area contributed by atoms with Crippen LogP contribution in [0.15, 0.2) is 77.7 Å². The zero-order chi connectivity index (χ0) is 20.3. The standard InChI is InChI=1S/C19H14ClFN2O4S/c20-15-9-7-14(8-10-15)13-22(17-4-1-3-16(21)11-17)28(26,27)19-6-2-5-18(12-19)23(24)25/h1-12H,13H2. The van der Waals surface area contributed by atoms with E-state index in [1.165, 1.54) is 36.4 Å². The summed E-state index contributed by atoms with van der Waals surface area (Å²) in [5.41, 5.74) is 0.357. The molecule has 0 aliphatic carbocycles. The highest BCUT2D eigenvalue weighted by atomic mass is 35.5. The molecule has 0 saturated carbocycles. The number of non-ortho nitro benzene ring substituents is 1. The van der Waals surface area contributed by atoms with Crippen molar-refractivity contribution in [2.75, 3.05) is 4.31 Å². The van der Waals surface area contributed by atoms with Gasteiger partial charge >= 0.3 is 0 Å². The average Bonchev–Trinajstić information content (AvgIpc) is 2.67. The molecule has 0 aromatic heterocycles. The number of rotatable bonds is 6. The first-order chi connectivity index (χ1) is 13.3. The monoisotopic (exact) mass is 420 g/mol. The van der Waals surface area contributed by atoms with E-state index in [-0.39, 0.29) is 22.8 Å². The zero-order valence-corrected chi connectivity index (χ0v) is 15.9. The van der Waals surface area contributed by atoms with Crippen LogP contribution in [0, 0.1) is 15.9 Å². The number of nitro groups is 1. The van der Waals surface area contributed by atoms with E-state index in [2.05, 4.69) is 0 Å². The molecule has 0 radical (unpaired) electrons. The van der Waals surface area contributed by atoms with Gasteiger partial charge < -0.3 is 0 Å². The Morgan fingerprint density at radius 2 is 1.68 bits per heavy atom. The van der Waals surface area contributed by atoms with Gasteiger partial charge in [-0.25, -0.2) is 12.8 Å². The van der Waals surface area contributed by atoms with Crippen molar-refractivity contribution < 1.29 is 17.7 Å². The van der Waals surface area contributed by atoms with Gasteiger partial charge in [-0.1, -0.05) is 35.9 Å². The van der Waals surface area contributed by atoms with Crippen LogP contribution < -0.4 is 4.31 Å². The average molecular weight is 421 g/mol. The van der Waals surface area contributed by atoms with Crippen molar-refractivity contribution >= 4 is 33.0 Å². The van der Waals surface area contributed by atoms with Crippen molar-refractivity contribution in [1.29, 1.82) is 0 Å². The Morgan fingerprint density at radius 3 is 2.32 bits per heavy atom. The van der Waals surface area contributed by atoms with Crippen LogP contribution in [0.1, 0.15) is 5.56 Å². The second kappa shape index (κ2) is 7.95. The van der Waals surface area contributed by atoms with Gasteiger partial charge in [0.1, 0.15) is 5.82 Å². The van der Waals surface area contributed by atoms with E-state index in [0.717, 1.165) is 16.4 Å². The first-order valence-corrected chi connectivity index (χ1v) is 9.86. The molecule has 0 saturated heterocycles. The van der Waals surface area contributed by atoms with Crippen LogP contribution >= 0.6 is 11.6 Å². The van der Waals surface area contributed by atoms with Gasteiger partial charge in [0.25, 0.3) is 15.7 Å². The van der Waals surface area contributed by atoms with E-state index >= 15 is 0 Å². The minimum absolute atomic E-state index is 0.0986. The summed E-state index contributed by atoms with van der Waals surface area (Å²) in [5, 5.41) is 11.5. The van der Waals surface area contributed by atoms with Crippen LogP contribution in [0.25, 0.3) is 0 Å². The summed E-state index contributed by atoms with van der Waals surface area (Å²) in [4.78, 5) is 10.1. The molecule has 9 heteroatoms. The molecule has 144 valence electrons. The molecule has 0 aliphatic heterocycles. The van der Waals surface area contributed by atoms with Crippen molar-refractivity contribution in [1.82, 2.24) is 0 Å². The normalized spacial score (nSPS) is 11.2. The van der Waals surface area contributed by atoms with Gasteiger partial charge in [-0.3, -0.25) is 14.4 Å². The van der Waals surface area contributed by atoms with E-state index in [4.69, 9.17) is 11.6 Å². The van der Waals surface area contributed by atoms with Gasteiger partial charge in [-0.15, -0.1) is 0 Å². The van der Waals surface area contributed by atoms with Crippen molar-refractivity contribution in [3.8, 4) is 0 Å². The van der Waals surface area contributed by atoms with Gasteiger partial charge in [-0.05, 0) is 42.0 Å². The van der Waals surface area contributed by atoms with Crippen LogP contribution in [-0.4, -0.2) is 13.3 Å². The Morgan fingerprint density at radius 1 is 1.00 bits per heavy atom. The van der Waals surface area contributed by atoms with E-state index < -0.39 is 20.8 Å². The Balaban J connectivity index is 2.10. The van der Waals surface area contributed by atoms with Crippen LogP contribution in [0.3, 0.4) is 0 Å². The Labute approximate surface area is 166 Å². The molecule has 3 aromatic rings. The molecule has 0 bridgehead atoms. The van der Waals surface area contributed by atoms with Crippen LogP contribution in [0.2, 0.25) is 5.02 Å². The quantitative estimate of drug-likeness (QED) is 0.424. The number of nitrogens with zero attached hydrogens (tertiary/aromatic N) is 2. The van der Waals surface area contributed by atoms with Crippen LogP contribution in [0.5, 0.6) is 0 Å². The maximum absolute atomic E-state index is 13.8. The van der Waals surface area contributed by atoms with Crippen LogP contribution in [0.4, 0.5) is 15.8 Å². The molecule has 0 spiro atoms.